The smallest absolute Gasteiger partial charge is 0.248 e. The van der Waals surface area contributed by atoms with Crippen LogP contribution in [0.3, 0.4) is 0 Å². The molecule has 1 spiro atoms. The van der Waals surface area contributed by atoms with Gasteiger partial charge in [-0.3, -0.25) is 4.79 Å². The number of likely N-dealkylation sites (tertiary alicyclic amines) is 2. The van der Waals surface area contributed by atoms with Crippen molar-refractivity contribution in [1.29, 1.82) is 0 Å². The zero-order valence-corrected chi connectivity index (χ0v) is 21.9. The number of ether oxygens (including phenoxy) is 2. The molecule has 9 nitrogen and oxygen atoms in total. The molecule has 192 valence electrons. The molecule has 0 unspecified atom stereocenters. The second kappa shape index (κ2) is 10.5. The van der Waals surface area contributed by atoms with Gasteiger partial charge in [0.1, 0.15) is 12.4 Å². The number of sulfonamides is 1. The minimum atomic E-state index is -3.69. The molecule has 2 fully saturated rings. The van der Waals surface area contributed by atoms with E-state index in [2.05, 4.69) is 0 Å². The van der Waals surface area contributed by atoms with Crippen molar-refractivity contribution in [3.8, 4) is 5.75 Å². The third-order valence-corrected chi connectivity index (χ3v) is 9.68. The number of piperidine rings is 2. The van der Waals surface area contributed by atoms with Crippen LogP contribution >= 0.6 is 0 Å². The fourth-order valence-corrected chi connectivity index (χ4v) is 6.63. The van der Waals surface area contributed by atoms with Crippen molar-refractivity contribution < 1.29 is 27.3 Å². The van der Waals surface area contributed by atoms with Gasteiger partial charge in [-0.25, -0.2) is 8.42 Å². The van der Waals surface area contributed by atoms with Crippen LogP contribution in [0.4, 0.5) is 0 Å². The van der Waals surface area contributed by atoms with Crippen LogP contribution in [0.2, 0.25) is 0 Å². The summed E-state index contributed by atoms with van der Waals surface area (Å²) in [6, 6.07) is 3.41. The summed E-state index contributed by atoms with van der Waals surface area (Å²) < 4.78 is 38.0. The van der Waals surface area contributed by atoms with E-state index < -0.39 is 10.0 Å². The maximum absolute atomic E-state index is 13.1. The van der Waals surface area contributed by atoms with Gasteiger partial charge in [0.15, 0.2) is 0 Å². The first-order chi connectivity index (χ1) is 15.9. The van der Waals surface area contributed by atoms with E-state index in [4.69, 9.17) is 9.47 Å². The highest BCUT2D eigenvalue weighted by Crippen LogP contribution is 2.42. The van der Waals surface area contributed by atoms with Crippen molar-refractivity contribution in [3.05, 3.63) is 28.5 Å². The number of nitrogens with zero attached hydrogens (tertiary/aromatic N) is 3. The maximum Gasteiger partial charge on any atom is 0.248 e. The first-order valence-electron chi connectivity index (χ1n) is 11.9. The van der Waals surface area contributed by atoms with Crippen molar-refractivity contribution in [3.63, 3.8) is 0 Å². The molecular weight excluding hydrogens is 458 g/mol. The molecule has 0 saturated carbocycles. The zero-order chi connectivity index (χ0) is 25.1. The summed E-state index contributed by atoms with van der Waals surface area (Å²) in [6.07, 6.45) is 3.72. The molecule has 10 heteroatoms. The summed E-state index contributed by atoms with van der Waals surface area (Å²) in [5.41, 5.74) is 1.45. The lowest BCUT2D eigenvalue weighted by molar-refractivity contribution is -0.868. The number of hydroxylamine groups is 3. The predicted octanol–water partition coefficient (Wildman–Crippen LogP) is 2.30. The Morgan fingerprint density at radius 2 is 1.71 bits per heavy atom. The molecule has 2 saturated heterocycles. The number of benzene rings is 1. The van der Waals surface area contributed by atoms with Gasteiger partial charge >= 0.3 is 0 Å². The molecule has 0 atom stereocenters. The van der Waals surface area contributed by atoms with Crippen molar-refractivity contribution in [2.75, 3.05) is 67.1 Å². The van der Waals surface area contributed by atoms with Crippen LogP contribution in [0.5, 0.6) is 5.75 Å². The van der Waals surface area contributed by atoms with Crippen LogP contribution in [-0.4, -0.2) is 95.3 Å². The van der Waals surface area contributed by atoms with Gasteiger partial charge in [0.2, 0.25) is 15.9 Å². The maximum atomic E-state index is 13.1. The number of hydrogen-bond donors (Lipinski definition) is 0. The third-order valence-electron chi connectivity index (χ3n) is 7.52. The van der Waals surface area contributed by atoms with Gasteiger partial charge in [-0.1, -0.05) is 0 Å². The Morgan fingerprint density at radius 3 is 2.24 bits per heavy atom. The number of hydrogen-bond acceptors (Lipinski definition) is 6. The van der Waals surface area contributed by atoms with Crippen LogP contribution in [0.15, 0.2) is 17.0 Å². The zero-order valence-electron chi connectivity index (χ0n) is 21.1. The quantitative estimate of drug-likeness (QED) is 0.310. The highest BCUT2D eigenvalue weighted by atomic mass is 32.2. The Balaban J connectivity index is 1.44. The summed E-state index contributed by atoms with van der Waals surface area (Å²) in [5.74, 6) is 0.552. The first-order valence-corrected chi connectivity index (χ1v) is 13.4. The van der Waals surface area contributed by atoms with Gasteiger partial charge in [-0.15, -0.1) is 0 Å². The van der Waals surface area contributed by atoms with Gasteiger partial charge in [-0.2, -0.15) is 4.31 Å². The standard InChI is InChI=1S/C24H39N3O6S/c1-19-16-21(32-5)17-20(2)23(19)34(30,31)25(3)12-15-33-18-22(28)26-10-6-24(7-11-26)8-13-27(4,29)14-9-24/h16-17H,6-15,18H2,1-5H3. The number of carbonyl (C=O) groups excluding carboxylic acids is 1. The molecule has 3 rings (SSSR count). The lowest BCUT2D eigenvalue weighted by Gasteiger charge is -2.51. The average molecular weight is 498 g/mol. The lowest BCUT2D eigenvalue weighted by Crippen LogP contribution is -2.52. The molecule has 2 aliphatic rings. The molecule has 1 aromatic carbocycles. The monoisotopic (exact) mass is 497 g/mol. The molecule has 0 radical (unpaired) electrons. The summed E-state index contributed by atoms with van der Waals surface area (Å²) in [5, 5.41) is 12.1. The summed E-state index contributed by atoms with van der Waals surface area (Å²) in [4.78, 5) is 14.7. The second-order valence-corrected chi connectivity index (χ2v) is 12.1. The van der Waals surface area contributed by atoms with E-state index in [1.807, 2.05) is 4.90 Å². The first kappa shape index (κ1) is 26.9. The molecular formula is C24H39N3O6S. The number of amides is 1. The molecule has 2 heterocycles. The number of carbonyl (C=O) groups is 1. The van der Waals surface area contributed by atoms with Crippen LogP contribution < -0.4 is 4.74 Å². The number of likely N-dealkylation sites (N-methyl/N-ethyl adjacent to an activating group) is 1. The molecule has 1 aromatic rings. The van der Waals surface area contributed by atoms with Gasteiger partial charge in [-0.05, 0) is 55.4 Å². The molecule has 0 N–H and O–H groups in total. The SMILES string of the molecule is COc1cc(C)c(S(=O)(=O)N(C)CCOCC(=O)N2CCC3(CC2)CC[N+](C)([O-])CC3)c(C)c1. The van der Waals surface area contributed by atoms with E-state index in [0.29, 0.717) is 43.1 Å². The Hall–Kier alpha value is -1.72. The van der Waals surface area contributed by atoms with Crippen LogP contribution in [0.25, 0.3) is 0 Å². The predicted molar refractivity (Wildman–Crippen MR) is 130 cm³/mol. The molecule has 2 aliphatic heterocycles. The summed E-state index contributed by atoms with van der Waals surface area (Å²) in [7, 11) is 1.12. The fraction of sp³-hybridized carbons (Fsp3) is 0.708. The minimum Gasteiger partial charge on any atom is -0.633 e. The van der Waals surface area contributed by atoms with E-state index in [-0.39, 0.29) is 40.6 Å². The Labute approximate surface area is 203 Å². The number of methoxy groups -OCH3 is 1. The highest BCUT2D eigenvalue weighted by molar-refractivity contribution is 7.89. The third kappa shape index (κ3) is 6.09. The Morgan fingerprint density at radius 1 is 1.15 bits per heavy atom. The Kier molecular flexibility index (Phi) is 8.29. The summed E-state index contributed by atoms with van der Waals surface area (Å²) >= 11 is 0. The molecule has 0 aliphatic carbocycles. The topological polar surface area (TPSA) is 99.2 Å². The van der Waals surface area contributed by atoms with Gasteiger partial charge < -0.3 is 24.2 Å². The van der Waals surface area contributed by atoms with Crippen molar-refractivity contribution >= 4 is 15.9 Å². The Bertz CT molecular complexity index is 951. The van der Waals surface area contributed by atoms with E-state index in [0.717, 1.165) is 25.7 Å². The normalized spacial score (nSPS) is 20.0. The number of rotatable bonds is 8. The highest BCUT2D eigenvalue weighted by Gasteiger charge is 2.40. The molecule has 1 amide bonds. The van der Waals surface area contributed by atoms with Gasteiger partial charge in [0.05, 0.1) is 38.7 Å². The molecule has 0 bridgehead atoms. The van der Waals surface area contributed by atoms with Crippen LogP contribution in [0.1, 0.15) is 36.8 Å². The largest absolute Gasteiger partial charge is 0.633 e. The number of quaternary nitrogens is 1. The average Bonchev–Trinajstić information content (AvgIpc) is 2.78. The molecule has 0 aromatic heterocycles. The van der Waals surface area contributed by atoms with Crippen molar-refractivity contribution in [2.45, 2.75) is 44.4 Å². The van der Waals surface area contributed by atoms with E-state index >= 15 is 0 Å². The second-order valence-electron chi connectivity index (χ2n) is 10.1. The molecule has 34 heavy (non-hydrogen) atoms. The van der Waals surface area contributed by atoms with E-state index in [1.165, 1.54) is 11.4 Å². The minimum absolute atomic E-state index is 0.0585. The van der Waals surface area contributed by atoms with E-state index in [1.54, 1.807) is 40.1 Å². The van der Waals surface area contributed by atoms with Crippen molar-refractivity contribution in [1.82, 2.24) is 9.21 Å². The summed E-state index contributed by atoms with van der Waals surface area (Å²) in [6.45, 7) is 6.41. The fourth-order valence-electron chi connectivity index (χ4n) is 5.07. The van der Waals surface area contributed by atoms with Crippen LogP contribution in [0, 0.1) is 24.5 Å². The van der Waals surface area contributed by atoms with Crippen molar-refractivity contribution in [2.24, 2.45) is 5.41 Å². The van der Waals surface area contributed by atoms with Crippen LogP contribution in [-0.2, 0) is 19.6 Å². The van der Waals surface area contributed by atoms with Gasteiger partial charge in [0, 0.05) is 39.5 Å². The number of aryl methyl sites for hydroxylation is 2. The van der Waals surface area contributed by atoms with E-state index in [9.17, 15) is 18.4 Å². The van der Waals surface area contributed by atoms with Gasteiger partial charge in [0.25, 0.3) is 0 Å². The lowest BCUT2D eigenvalue weighted by atomic mass is 9.71.